The molecule has 0 N–H and O–H groups in total. The van der Waals surface area contributed by atoms with Crippen LogP contribution in [0.4, 0.5) is 0 Å². The number of rotatable bonds is 9. The highest BCUT2D eigenvalue weighted by atomic mass is 14.2. The van der Waals surface area contributed by atoms with Crippen molar-refractivity contribution in [2.24, 2.45) is 5.41 Å². The van der Waals surface area contributed by atoms with Gasteiger partial charge in [0.15, 0.2) is 0 Å². The van der Waals surface area contributed by atoms with Crippen LogP contribution in [0.3, 0.4) is 0 Å². The van der Waals surface area contributed by atoms with Gasteiger partial charge in [-0.1, -0.05) is 809 Å². The van der Waals surface area contributed by atoms with Crippen molar-refractivity contribution >= 4 is 0 Å². The average Bonchev–Trinajstić information content (AvgIpc) is 0.832. The molecule has 0 nitrogen and oxygen atoms in total. The van der Waals surface area contributed by atoms with Gasteiger partial charge in [-0.25, -0.2) is 0 Å². The normalized spacial score (nSPS) is 7.07. The van der Waals surface area contributed by atoms with Crippen LogP contribution in [0.5, 0.6) is 0 Å². The van der Waals surface area contributed by atoms with Gasteiger partial charge in [-0.2, -0.15) is 0 Å². The summed E-state index contributed by atoms with van der Waals surface area (Å²) in [6.45, 7) is 147. The fraction of sp³-hybridized carbons (Fsp3) is 0.565. The molecule has 0 heterocycles. The zero-order valence-corrected chi connectivity index (χ0v) is 110. The summed E-state index contributed by atoms with van der Waals surface area (Å²) in [6.07, 6.45) is 0. The van der Waals surface area contributed by atoms with Crippen molar-refractivity contribution in [1.29, 1.82) is 0 Å². The molecule has 0 radical (unpaired) electrons. The monoisotopic (exact) mass is 1930 g/mol. The summed E-state index contributed by atoms with van der Waals surface area (Å²) in [5.41, 5.74) is 14.2. The van der Waals surface area contributed by atoms with E-state index in [1.54, 1.807) is 0 Å². The van der Waals surface area contributed by atoms with Crippen molar-refractivity contribution in [2.75, 3.05) is 0 Å². The number of hydrogen-bond donors (Lipinski definition) is 0. The molecule has 824 valence electrons. The number of benzene rings is 10. The van der Waals surface area contributed by atoms with Crippen molar-refractivity contribution < 1.29 is 0 Å². The first-order chi connectivity index (χ1) is 68.0. The molecule has 0 fully saturated rings. The molecule has 138 heavy (non-hydrogen) atoms. The number of hydrogen-bond acceptors (Lipinski definition) is 0. The van der Waals surface area contributed by atoms with Crippen molar-refractivity contribution in [2.45, 2.75) is 529 Å². The highest BCUT2D eigenvalue weighted by Crippen LogP contribution is 2.34. The van der Waals surface area contributed by atoms with E-state index in [0.29, 0.717) is 28.6 Å². The Hall–Kier alpha value is -7.80. The summed E-state index contributed by atoms with van der Waals surface area (Å²) in [6, 6.07) is 107. The Morgan fingerprint density at radius 1 is 0.101 bits per heavy atom. The van der Waals surface area contributed by atoms with Crippen LogP contribution in [0.1, 0.15) is 579 Å². The van der Waals surface area contributed by atoms with Gasteiger partial charge in [0.1, 0.15) is 0 Å². The molecule has 0 aromatic heterocycles. The first kappa shape index (κ1) is 208. The smallest absolute Gasteiger partial charge is 0.0339 e. The summed E-state index contributed by atoms with van der Waals surface area (Å²) in [7, 11) is 0. The van der Waals surface area contributed by atoms with Gasteiger partial charge in [-0.3, -0.25) is 0 Å². The molecule has 0 aliphatic heterocycles. The van der Waals surface area contributed by atoms with Crippen LogP contribution in [-0.2, 0) is 5.41 Å². The van der Waals surface area contributed by atoms with E-state index in [-0.39, 0.29) is 0 Å². The zero-order chi connectivity index (χ0) is 117. The standard InChI is InChI=1S/3C19H16.C10H14.C5H12.33C2H6/c3*1-4-10-16(11-5-1)19(17-12-6-2-7-13-17)18-14-8-3-9-15-18;1-10(2,3)9-7-5-4-6-8-9;1-5(2,3)4;33*1-2/h3*1-15,19H;4-8H,1-3H3;1-4H3;33*1-2H3. The lowest BCUT2D eigenvalue weighted by molar-refractivity contribution is 0.469. The van der Waals surface area contributed by atoms with E-state index in [4.69, 9.17) is 0 Å². The van der Waals surface area contributed by atoms with Crippen LogP contribution in [0, 0.1) is 5.41 Å². The highest BCUT2D eigenvalue weighted by Gasteiger charge is 2.18. The van der Waals surface area contributed by atoms with Gasteiger partial charge >= 0.3 is 0 Å². The van der Waals surface area contributed by atoms with E-state index in [0.717, 1.165) is 0 Å². The summed E-state index contributed by atoms with van der Waals surface area (Å²) in [5, 5.41) is 0. The molecular weight excluding hydrogens is 1660 g/mol. The third-order valence-electron chi connectivity index (χ3n) is 11.8. The van der Waals surface area contributed by atoms with E-state index < -0.39 is 0 Å². The van der Waals surface area contributed by atoms with E-state index >= 15 is 0 Å². The molecule has 0 heteroatoms. The highest BCUT2D eigenvalue weighted by molar-refractivity contribution is 5.45. The van der Waals surface area contributed by atoms with E-state index in [1.165, 1.54) is 55.6 Å². The summed E-state index contributed by atoms with van der Waals surface area (Å²) in [4.78, 5) is 0. The maximum absolute atomic E-state index is 2.22. The third kappa shape index (κ3) is 159. The minimum Gasteiger partial charge on any atom is -0.0683 e. The maximum Gasteiger partial charge on any atom is 0.0339 e. The predicted molar refractivity (Wildman–Crippen MR) is 686 cm³/mol. The predicted octanol–water partition coefficient (Wildman–Crippen LogP) is 53.5. The molecule has 0 bridgehead atoms. The van der Waals surface area contributed by atoms with Crippen molar-refractivity contribution in [3.63, 3.8) is 0 Å². The van der Waals surface area contributed by atoms with Crippen LogP contribution in [-0.4, -0.2) is 0 Å². The third-order valence-corrected chi connectivity index (χ3v) is 11.8. The summed E-state index contributed by atoms with van der Waals surface area (Å²) < 4.78 is 0. The Morgan fingerprint density at radius 2 is 0.159 bits per heavy atom. The molecule has 10 rings (SSSR count). The summed E-state index contributed by atoms with van der Waals surface area (Å²) >= 11 is 0. The van der Waals surface area contributed by atoms with Crippen molar-refractivity contribution in [1.82, 2.24) is 0 Å². The van der Waals surface area contributed by atoms with Gasteiger partial charge in [-0.15, -0.1) is 0 Å². The summed E-state index contributed by atoms with van der Waals surface area (Å²) in [5.74, 6) is 0.927. The molecule has 0 saturated heterocycles. The molecule has 0 spiro atoms. The van der Waals surface area contributed by atoms with Crippen molar-refractivity contribution in [3.8, 4) is 0 Å². The largest absolute Gasteiger partial charge is 0.0683 e. The van der Waals surface area contributed by atoms with Gasteiger partial charge in [0.25, 0.3) is 0 Å². The van der Waals surface area contributed by atoms with Gasteiger partial charge in [0.2, 0.25) is 0 Å². The van der Waals surface area contributed by atoms with Crippen LogP contribution < -0.4 is 0 Å². The minimum absolute atomic E-state index is 0.293. The molecule has 10 aromatic rings. The Kier molecular flexibility index (Phi) is 369. The Labute approximate surface area is 887 Å². The van der Waals surface area contributed by atoms with Gasteiger partial charge in [-0.05, 0) is 66.5 Å². The second kappa shape index (κ2) is 244. The quantitative estimate of drug-likeness (QED) is 0.126. The second-order valence-electron chi connectivity index (χ2n) is 20.6. The minimum atomic E-state index is 0.293. The maximum atomic E-state index is 2.22. The van der Waals surface area contributed by atoms with E-state index in [2.05, 4.69) is 352 Å². The molecule has 0 atom stereocenters. The van der Waals surface area contributed by atoms with Crippen LogP contribution in [0.25, 0.3) is 0 Å². The molecule has 0 unspecified atom stereocenters. The lowest BCUT2D eigenvalue weighted by atomic mass is 9.85. The molecule has 0 saturated carbocycles. The lowest BCUT2D eigenvalue weighted by Crippen LogP contribution is -2.10. The van der Waals surface area contributed by atoms with Crippen molar-refractivity contribution in [3.05, 3.63) is 359 Å². The molecule has 0 aliphatic carbocycles. The second-order valence-corrected chi connectivity index (χ2v) is 20.6. The molecule has 0 amide bonds. The van der Waals surface area contributed by atoms with Gasteiger partial charge < -0.3 is 0 Å². The zero-order valence-electron chi connectivity index (χ0n) is 110. The first-order valence-electron chi connectivity index (χ1n) is 58.5. The van der Waals surface area contributed by atoms with Crippen LogP contribution >= 0.6 is 0 Å². The van der Waals surface area contributed by atoms with Crippen LogP contribution in [0.15, 0.2) is 303 Å². The fourth-order valence-electron chi connectivity index (χ4n) is 8.48. The molecule has 10 aromatic carbocycles. The fourth-order valence-corrected chi connectivity index (χ4v) is 8.48. The average molecular weight is 1930 g/mol. The Bertz CT molecular complexity index is 2340. The first-order valence-corrected chi connectivity index (χ1v) is 58.5. The molecule has 0 aliphatic rings. The molecular formula is C138H272. The van der Waals surface area contributed by atoms with E-state index in [9.17, 15) is 0 Å². The lowest BCUT2D eigenvalue weighted by Gasteiger charge is -2.18. The topological polar surface area (TPSA) is 0 Å². The van der Waals surface area contributed by atoms with Gasteiger partial charge in [0.05, 0.1) is 0 Å². The van der Waals surface area contributed by atoms with E-state index in [1.807, 2.05) is 457 Å². The Balaban J connectivity index is -0.0000000372. The Morgan fingerprint density at radius 3 is 0.210 bits per heavy atom. The SMILES string of the molecule is CC.CC.CC.CC.CC.CC.CC.CC.CC.CC.CC.CC.CC.CC.CC.CC.CC.CC.CC.CC.CC.CC.CC.CC.CC.CC.CC.CC.CC.CC.CC.CC.CC.CC(C)(C)C.CC(C)(C)c1ccccc1.c1ccc(C(c2ccccc2)c2ccccc2)cc1.c1ccc(C(c2ccccc2)c2ccccc2)cc1.c1ccc(C(c2ccccc2)c2ccccc2)cc1. The van der Waals surface area contributed by atoms with Gasteiger partial charge in [0, 0.05) is 17.8 Å². The van der Waals surface area contributed by atoms with Crippen LogP contribution in [0.2, 0.25) is 0 Å².